The number of hydrogen-bond donors (Lipinski definition) is 2. The SMILES string of the molecule is Cc1cnc(C(C)NC(=O)[C@@H](C)N)o1. The van der Waals surface area contributed by atoms with Crippen LogP contribution in [0, 0.1) is 6.92 Å². The van der Waals surface area contributed by atoms with Crippen molar-refractivity contribution in [1.29, 1.82) is 0 Å². The summed E-state index contributed by atoms with van der Waals surface area (Å²) in [4.78, 5) is 15.2. The fraction of sp³-hybridized carbons (Fsp3) is 0.556. The summed E-state index contributed by atoms with van der Waals surface area (Å²) in [7, 11) is 0. The Bertz CT molecular complexity index is 320. The van der Waals surface area contributed by atoms with Gasteiger partial charge in [-0.05, 0) is 20.8 Å². The average Bonchev–Trinajstić information content (AvgIpc) is 2.51. The monoisotopic (exact) mass is 197 g/mol. The number of nitrogens with two attached hydrogens (primary N) is 1. The predicted octanol–water partition coefficient (Wildman–Crippen LogP) is 0.507. The smallest absolute Gasteiger partial charge is 0.237 e. The minimum Gasteiger partial charge on any atom is -0.444 e. The van der Waals surface area contributed by atoms with E-state index in [2.05, 4.69) is 10.3 Å². The van der Waals surface area contributed by atoms with E-state index in [0.29, 0.717) is 5.89 Å². The Morgan fingerprint density at radius 1 is 1.64 bits per heavy atom. The largest absolute Gasteiger partial charge is 0.444 e. The van der Waals surface area contributed by atoms with Gasteiger partial charge in [0.05, 0.1) is 12.2 Å². The molecule has 0 saturated heterocycles. The maximum Gasteiger partial charge on any atom is 0.237 e. The highest BCUT2D eigenvalue weighted by Crippen LogP contribution is 2.11. The van der Waals surface area contributed by atoms with Crippen molar-refractivity contribution in [2.24, 2.45) is 5.73 Å². The van der Waals surface area contributed by atoms with E-state index in [1.807, 2.05) is 0 Å². The fourth-order valence-corrected chi connectivity index (χ4v) is 0.979. The number of amides is 1. The zero-order chi connectivity index (χ0) is 10.7. The number of aryl methyl sites for hydroxylation is 1. The molecule has 1 unspecified atom stereocenters. The molecule has 0 bridgehead atoms. The summed E-state index contributed by atoms with van der Waals surface area (Å²) in [6, 6.07) is -0.768. The van der Waals surface area contributed by atoms with Gasteiger partial charge in [0.2, 0.25) is 11.8 Å². The van der Waals surface area contributed by atoms with Gasteiger partial charge in [-0.1, -0.05) is 0 Å². The number of carbonyl (C=O) groups excluding carboxylic acids is 1. The second kappa shape index (κ2) is 4.23. The van der Waals surface area contributed by atoms with Crippen molar-refractivity contribution in [3.63, 3.8) is 0 Å². The van der Waals surface area contributed by atoms with Gasteiger partial charge in [0.25, 0.3) is 0 Å². The van der Waals surface area contributed by atoms with Gasteiger partial charge < -0.3 is 15.5 Å². The summed E-state index contributed by atoms with van der Waals surface area (Å²) in [6.45, 7) is 5.23. The van der Waals surface area contributed by atoms with Crippen molar-refractivity contribution in [1.82, 2.24) is 10.3 Å². The summed E-state index contributed by atoms with van der Waals surface area (Å²) in [6.07, 6.45) is 1.61. The minimum absolute atomic E-state index is 0.214. The Labute approximate surface area is 82.7 Å². The van der Waals surface area contributed by atoms with Gasteiger partial charge in [-0.15, -0.1) is 0 Å². The molecular weight excluding hydrogens is 182 g/mol. The predicted molar refractivity (Wildman–Crippen MR) is 51.4 cm³/mol. The molecule has 5 heteroatoms. The molecule has 0 saturated carbocycles. The molecule has 0 fully saturated rings. The first-order valence-corrected chi connectivity index (χ1v) is 4.49. The molecule has 1 aromatic rings. The molecule has 0 radical (unpaired) electrons. The van der Waals surface area contributed by atoms with E-state index >= 15 is 0 Å². The summed E-state index contributed by atoms with van der Waals surface area (Å²) < 4.78 is 5.26. The number of rotatable bonds is 3. The molecule has 5 nitrogen and oxygen atoms in total. The molecule has 0 spiro atoms. The number of oxazole rings is 1. The van der Waals surface area contributed by atoms with Crippen molar-refractivity contribution in [2.45, 2.75) is 32.9 Å². The first-order valence-electron chi connectivity index (χ1n) is 4.49. The Hall–Kier alpha value is -1.36. The molecule has 14 heavy (non-hydrogen) atoms. The molecular formula is C9H15N3O2. The van der Waals surface area contributed by atoms with E-state index in [0.717, 1.165) is 5.76 Å². The fourth-order valence-electron chi connectivity index (χ4n) is 0.979. The van der Waals surface area contributed by atoms with Crippen LogP contribution in [0.4, 0.5) is 0 Å². The minimum atomic E-state index is -0.520. The number of carbonyl (C=O) groups is 1. The molecule has 78 valence electrons. The third-order valence-electron chi connectivity index (χ3n) is 1.78. The van der Waals surface area contributed by atoms with Crippen LogP contribution in [0.15, 0.2) is 10.6 Å². The molecule has 1 amide bonds. The van der Waals surface area contributed by atoms with Gasteiger partial charge in [-0.3, -0.25) is 4.79 Å². The lowest BCUT2D eigenvalue weighted by atomic mass is 10.3. The lowest BCUT2D eigenvalue weighted by molar-refractivity contribution is -0.122. The highest BCUT2D eigenvalue weighted by molar-refractivity contribution is 5.81. The zero-order valence-corrected chi connectivity index (χ0v) is 8.57. The van der Waals surface area contributed by atoms with Crippen LogP contribution < -0.4 is 11.1 Å². The number of aromatic nitrogens is 1. The standard InChI is InChI=1S/C9H15N3O2/c1-5-4-11-9(14-5)7(3)12-8(13)6(2)10/h4,6-7H,10H2,1-3H3,(H,12,13)/t6-,7?/m1/s1. The molecule has 0 aliphatic rings. The van der Waals surface area contributed by atoms with E-state index in [4.69, 9.17) is 10.2 Å². The first-order chi connectivity index (χ1) is 6.50. The van der Waals surface area contributed by atoms with Gasteiger partial charge in [-0.2, -0.15) is 0 Å². The third kappa shape index (κ3) is 2.56. The summed E-state index contributed by atoms with van der Waals surface area (Å²) >= 11 is 0. The molecule has 3 N–H and O–H groups in total. The van der Waals surface area contributed by atoms with Gasteiger partial charge in [0, 0.05) is 0 Å². The number of hydrogen-bond acceptors (Lipinski definition) is 4. The van der Waals surface area contributed by atoms with Gasteiger partial charge >= 0.3 is 0 Å². The molecule has 0 aromatic carbocycles. The maximum absolute atomic E-state index is 11.2. The van der Waals surface area contributed by atoms with Crippen LogP contribution in [-0.4, -0.2) is 16.9 Å². The van der Waals surface area contributed by atoms with E-state index in [1.54, 1.807) is 27.0 Å². The topological polar surface area (TPSA) is 81.2 Å². The van der Waals surface area contributed by atoms with E-state index in [9.17, 15) is 4.79 Å². The Morgan fingerprint density at radius 2 is 2.29 bits per heavy atom. The normalized spacial score (nSPS) is 14.9. The molecule has 1 heterocycles. The van der Waals surface area contributed by atoms with E-state index < -0.39 is 6.04 Å². The summed E-state index contributed by atoms with van der Waals surface area (Å²) in [5.41, 5.74) is 5.40. The maximum atomic E-state index is 11.2. The van der Waals surface area contributed by atoms with E-state index in [1.165, 1.54) is 0 Å². The van der Waals surface area contributed by atoms with Crippen LogP contribution >= 0.6 is 0 Å². The van der Waals surface area contributed by atoms with Crippen molar-refractivity contribution in [3.8, 4) is 0 Å². The van der Waals surface area contributed by atoms with Gasteiger partial charge in [0.1, 0.15) is 11.8 Å². The van der Waals surface area contributed by atoms with Gasteiger partial charge in [0.15, 0.2) is 0 Å². The highest BCUT2D eigenvalue weighted by Gasteiger charge is 2.15. The lowest BCUT2D eigenvalue weighted by Gasteiger charge is -2.11. The van der Waals surface area contributed by atoms with Crippen molar-refractivity contribution in [2.75, 3.05) is 0 Å². The molecule has 0 aliphatic carbocycles. The van der Waals surface area contributed by atoms with Crippen LogP contribution in [0.2, 0.25) is 0 Å². The third-order valence-corrected chi connectivity index (χ3v) is 1.78. The number of nitrogens with one attached hydrogen (secondary N) is 1. The average molecular weight is 197 g/mol. The van der Waals surface area contributed by atoms with Gasteiger partial charge in [-0.25, -0.2) is 4.98 Å². The van der Waals surface area contributed by atoms with Crippen LogP contribution in [0.5, 0.6) is 0 Å². The quantitative estimate of drug-likeness (QED) is 0.739. The van der Waals surface area contributed by atoms with E-state index in [-0.39, 0.29) is 11.9 Å². The van der Waals surface area contributed by atoms with Crippen LogP contribution in [0.25, 0.3) is 0 Å². The molecule has 2 atom stereocenters. The van der Waals surface area contributed by atoms with Crippen molar-refractivity contribution in [3.05, 3.63) is 17.8 Å². The van der Waals surface area contributed by atoms with Crippen LogP contribution in [0.3, 0.4) is 0 Å². The van der Waals surface area contributed by atoms with Crippen LogP contribution in [0.1, 0.15) is 31.5 Å². The molecule has 0 aliphatic heterocycles. The van der Waals surface area contributed by atoms with Crippen LogP contribution in [-0.2, 0) is 4.79 Å². The number of nitrogens with zero attached hydrogens (tertiary/aromatic N) is 1. The highest BCUT2D eigenvalue weighted by atomic mass is 16.4. The van der Waals surface area contributed by atoms with Crippen molar-refractivity contribution >= 4 is 5.91 Å². The Kier molecular flexibility index (Phi) is 3.24. The van der Waals surface area contributed by atoms with Crippen molar-refractivity contribution < 1.29 is 9.21 Å². The summed E-state index contributed by atoms with van der Waals surface area (Å²) in [5, 5.41) is 2.69. The second-order valence-electron chi connectivity index (χ2n) is 3.33. The zero-order valence-electron chi connectivity index (χ0n) is 8.57. The second-order valence-corrected chi connectivity index (χ2v) is 3.33. The Morgan fingerprint density at radius 3 is 2.71 bits per heavy atom. The first kappa shape index (κ1) is 10.7. The Balaban J connectivity index is 2.59. The molecule has 1 rings (SSSR count). The lowest BCUT2D eigenvalue weighted by Crippen LogP contribution is -2.39. The summed E-state index contributed by atoms with van der Waals surface area (Å²) in [5.74, 6) is 1.01. The molecule has 1 aromatic heterocycles.